The lowest BCUT2D eigenvalue weighted by molar-refractivity contribution is 1.43. The Hall–Kier alpha value is -0.386. The quantitative estimate of drug-likeness (QED) is 0.764. The normalized spacial score (nSPS) is 14.1. The van der Waals surface area contributed by atoms with Crippen LogP contribution >= 0.6 is 0 Å². The van der Waals surface area contributed by atoms with Gasteiger partial charge in [-0.3, -0.25) is 0 Å². The van der Waals surface area contributed by atoms with Gasteiger partial charge in [-0.2, -0.15) is 0 Å². The largest absolute Gasteiger partial charge is 0.348 e. The smallest absolute Gasteiger partial charge is 0.148 e. The standard InChI is InChI=1S/C11H21NSi2/c1-5-13(2)10-6-8-11(9-7-10)14(3,4)12/h6-9,13H,5,12H2,1-4H3. The monoisotopic (exact) mass is 223 g/mol. The highest BCUT2D eigenvalue weighted by atomic mass is 28.3. The first-order chi connectivity index (χ1) is 6.45. The summed E-state index contributed by atoms with van der Waals surface area (Å²) in [5.74, 6) is 0. The van der Waals surface area contributed by atoms with Gasteiger partial charge in [0.2, 0.25) is 0 Å². The zero-order valence-corrected chi connectivity index (χ0v) is 11.8. The molecular formula is C11H21NSi2. The van der Waals surface area contributed by atoms with Gasteiger partial charge in [0.15, 0.2) is 0 Å². The molecule has 0 radical (unpaired) electrons. The van der Waals surface area contributed by atoms with Crippen molar-refractivity contribution in [2.24, 2.45) is 5.40 Å². The lowest BCUT2D eigenvalue weighted by Crippen LogP contribution is -2.51. The number of rotatable bonds is 3. The average Bonchev–Trinajstić information content (AvgIpc) is 2.15. The van der Waals surface area contributed by atoms with Gasteiger partial charge in [0.1, 0.15) is 8.24 Å². The van der Waals surface area contributed by atoms with E-state index in [0.717, 1.165) is 0 Å². The summed E-state index contributed by atoms with van der Waals surface area (Å²) in [6.07, 6.45) is 0. The minimum absolute atomic E-state index is 0.640. The minimum atomic E-state index is -1.59. The maximum atomic E-state index is 6.17. The second-order valence-electron chi connectivity index (χ2n) is 4.65. The molecule has 1 atom stereocenters. The Labute approximate surface area is 90.0 Å². The van der Waals surface area contributed by atoms with E-state index in [0.29, 0.717) is 0 Å². The molecule has 0 aliphatic carbocycles. The summed E-state index contributed by atoms with van der Waals surface area (Å²) in [5, 5.41) is 9.09. The molecule has 0 saturated heterocycles. The molecule has 78 valence electrons. The molecule has 0 fully saturated rings. The van der Waals surface area contributed by atoms with Crippen LogP contribution in [0.3, 0.4) is 0 Å². The average molecular weight is 223 g/mol. The molecule has 0 aliphatic heterocycles. The fourth-order valence-corrected chi connectivity index (χ4v) is 3.82. The van der Waals surface area contributed by atoms with Crippen LogP contribution in [0.2, 0.25) is 25.7 Å². The van der Waals surface area contributed by atoms with Gasteiger partial charge in [-0.25, -0.2) is 0 Å². The van der Waals surface area contributed by atoms with Crippen LogP contribution in [-0.2, 0) is 0 Å². The van der Waals surface area contributed by atoms with E-state index < -0.39 is 17.0 Å². The summed E-state index contributed by atoms with van der Waals surface area (Å²) in [7, 11) is -2.23. The SMILES string of the molecule is CC[SiH](C)c1ccc([Si](C)(C)N)cc1. The molecule has 1 aromatic rings. The van der Waals surface area contributed by atoms with Crippen molar-refractivity contribution < 1.29 is 0 Å². The summed E-state index contributed by atoms with van der Waals surface area (Å²) in [4.78, 5) is 0. The van der Waals surface area contributed by atoms with E-state index in [9.17, 15) is 0 Å². The summed E-state index contributed by atoms with van der Waals surface area (Å²) in [5.41, 5.74) is 0. The molecule has 1 nitrogen and oxygen atoms in total. The first-order valence-corrected chi connectivity index (χ1v) is 11.0. The molecule has 0 aliphatic rings. The van der Waals surface area contributed by atoms with Crippen molar-refractivity contribution in [3.8, 4) is 0 Å². The van der Waals surface area contributed by atoms with Crippen LogP contribution in [0.25, 0.3) is 0 Å². The van der Waals surface area contributed by atoms with E-state index in [1.807, 2.05) is 0 Å². The van der Waals surface area contributed by atoms with Crippen molar-refractivity contribution in [2.75, 3.05) is 0 Å². The lowest BCUT2D eigenvalue weighted by Gasteiger charge is -2.17. The maximum absolute atomic E-state index is 6.17. The Kier molecular flexibility index (Phi) is 3.69. The fourth-order valence-electron chi connectivity index (χ4n) is 1.48. The summed E-state index contributed by atoms with van der Waals surface area (Å²) in [6, 6.07) is 10.4. The van der Waals surface area contributed by atoms with E-state index in [2.05, 4.69) is 50.8 Å². The number of benzene rings is 1. The van der Waals surface area contributed by atoms with Crippen LogP contribution in [0.4, 0.5) is 0 Å². The third-order valence-corrected chi connectivity index (χ3v) is 7.41. The van der Waals surface area contributed by atoms with Crippen molar-refractivity contribution >= 4 is 27.4 Å². The van der Waals surface area contributed by atoms with E-state index in [1.165, 1.54) is 11.2 Å². The molecule has 2 N–H and O–H groups in total. The molecule has 0 saturated carbocycles. The topological polar surface area (TPSA) is 26.0 Å². The Balaban J connectivity index is 2.89. The molecule has 1 unspecified atom stereocenters. The Morgan fingerprint density at radius 1 is 1.21 bits per heavy atom. The highest BCUT2D eigenvalue weighted by molar-refractivity contribution is 6.87. The molecule has 0 heterocycles. The van der Waals surface area contributed by atoms with Crippen molar-refractivity contribution in [3.63, 3.8) is 0 Å². The van der Waals surface area contributed by atoms with Gasteiger partial charge in [-0.05, 0) is 5.19 Å². The highest BCUT2D eigenvalue weighted by Crippen LogP contribution is 1.96. The van der Waals surface area contributed by atoms with Gasteiger partial charge in [0.25, 0.3) is 0 Å². The van der Waals surface area contributed by atoms with Gasteiger partial charge >= 0.3 is 0 Å². The zero-order chi connectivity index (χ0) is 10.8. The van der Waals surface area contributed by atoms with E-state index in [-0.39, 0.29) is 0 Å². The van der Waals surface area contributed by atoms with Crippen LogP contribution < -0.4 is 15.8 Å². The second-order valence-corrected chi connectivity index (χ2v) is 12.0. The van der Waals surface area contributed by atoms with E-state index >= 15 is 0 Å². The Morgan fingerprint density at radius 2 is 1.71 bits per heavy atom. The molecule has 0 amide bonds. The van der Waals surface area contributed by atoms with Crippen LogP contribution in [0.15, 0.2) is 24.3 Å². The van der Waals surface area contributed by atoms with Crippen LogP contribution in [0.5, 0.6) is 0 Å². The number of nitrogens with two attached hydrogens (primary N) is 1. The zero-order valence-electron chi connectivity index (χ0n) is 9.67. The van der Waals surface area contributed by atoms with Crippen molar-refractivity contribution in [1.29, 1.82) is 0 Å². The molecule has 3 heteroatoms. The van der Waals surface area contributed by atoms with Crippen LogP contribution in [-0.4, -0.2) is 17.0 Å². The van der Waals surface area contributed by atoms with Gasteiger partial charge in [-0.15, -0.1) is 0 Å². The molecule has 0 aromatic heterocycles. The van der Waals surface area contributed by atoms with Gasteiger partial charge in [-0.1, -0.05) is 62.1 Å². The van der Waals surface area contributed by atoms with E-state index in [4.69, 9.17) is 5.40 Å². The van der Waals surface area contributed by atoms with Gasteiger partial charge in [0, 0.05) is 0 Å². The predicted octanol–water partition coefficient (Wildman–Crippen LogP) is 1.14. The third-order valence-electron chi connectivity index (χ3n) is 2.84. The third kappa shape index (κ3) is 2.80. The van der Waals surface area contributed by atoms with Crippen molar-refractivity contribution in [1.82, 2.24) is 0 Å². The Morgan fingerprint density at radius 3 is 2.07 bits per heavy atom. The first-order valence-electron chi connectivity index (χ1n) is 5.34. The molecule has 0 bridgehead atoms. The van der Waals surface area contributed by atoms with Crippen LogP contribution in [0.1, 0.15) is 6.92 Å². The Bertz CT molecular complexity index is 287. The first kappa shape index (κ1) is 11.7. The van der Waals surface area contributed by atoms with Crippen molar-refractivity contribution in [3.05, 3.63) is 24.3 Å². The predicted molar refractivity (Wildman–Crippen MR) is 70.9 cm³/mol. The molecule has 0 spiro atoms. The van der Waals surface area contributed by atoms with Gasteiger partial charge < -0.3 is 5.40 Å². The summed E-state index contributed by atoms with van der Waals surface area (Å²) in [6.45, 7) is 9.05. The summed E-state index contributed by atoms with van der Waals surface area (Å²) >= 11 is 0. The van der Waals surface area contributed by atoms with E-state index in [1.54, 1.807) is 5.19 Å². The number of hydrogen-bond donors (Lipinski definition) is 1. The maximum Gasteiger partial charge on any atom is 0.148 e. The molecular weight excluding hydrogens is 202 g/mol. The van der Waals surface area contributed by atoms with Gasteiger partial charge in [0.05, 0.1) is 8.80 Å². The second kappa shape index (κ2) is 4.42. The highest BCUT2D eigenvalue weighted by Gasteiger charge is 2.17. The molecule has 1 aromatic carbocycles. The minimum Gasteiger partial charge on any atom is -0.348 e. The fraction of sp³-hybridized carbons (Fsp3) is 0.455. The van der Waals surface area contributed by atoms with Crippen molar-refractivity contribution in [2.45, 2.75) is 32.6 Å². The van der Waals surface area contributed by atoms with Crippen LogP contribution in [0, 0.1) is 0 Å². The molecule has 1 rings (SSSR count). The lowest BCUT2D eigenvalue weighted by atomic mass is 10.4. The number of hydrogen-bond acceptors (Lipinski definition) is 1. The molecule has 14 heavy (non-hydrogen) atoms. The summed E-state index contributed by atoms with van der Waals surface area (Å²) < 4.78 is 0.